The first-order valence-electron chi connectivity index (χ1n) is 6.08. The topological polar surface area (TPSA) is 49.7 Å². The number of hydrogen-bond donors (Lipinski definition) is 2. The Kier molecular flexibility index (Phi) is 5.81. The van der Waals surface area contributed by atoms with Crippen LogP contribution in [0.25, 0.3) is 0 Å². The van der Waals surface area contributed by atoms with Gasteiger partial charge in [0.25, 0.3) is 0 Å². The van der Waals surface area contributed by atoms with Crippen LogP contribution < -0.4 is 0 Å². The minimum atomic E-state index is -1.62. The van der Waals surface area contributed by atoms with Gasteiger partial charge >= 0.3 is 0 Å². The fraction of sp³-hybridized carbons (Fsp3) is 0.833. The second-order valence-electron chi connectivity index (χ2n) is 6.59. The van der Waals surface area contributed by atoms with E-state index in [9.17, 15) is 5.11 Å². The first-order valence-corrected chi connectivity index (χ1v) is 13.1. The fourth-order valence-corrected chi connectivity index (χ4v) is 13.8. The van der Waals surface area contributed by atoms with Gasteiger partial charge in [0.1, 0.15) is 6.10 Å². The molecule has 5 heteroatoms. The van der Waals surface area contributed by atoms with Crippen molar-refractivity contribution in [1.29, 1.82) is 0 Å². The molecular weight excluding hydrogens is 248 g/mol. The molecule has 0 rings (SSSR count). The third kappa shape index (κ3) is 3.76. The van der Waals surface area contributed by atoms with E-state index in [1.807, 2.05) is 6.08 Å². The Labute approximate surface area is 108 Å². The molecule has 0 aliphatic rings. The molecule has 0 heterocycles. The number of ether oxygens (including phenoxy) is 1. The van der Waals surface area contributed by atoms with E-state index in [-0.39, 0.29) is 18.1 Å². The highest BCUT2D eigenvalue weighted by Gasteiger charge is 2.51. The summed E-state index contributed by atoms with van der Waals surface area (Å²) >= 11 is 0. The Morgan fingerprint density at radius 3 is 1.82 bits per heavy atom. The molecular formula is C12H28O3Si2. The second kappa shape index (κ2) is 5.80. The Hall–Kier alpha value is 0.0538. The lowest BCUT2D eigenvalue weighted by atomic mass is 10.4. The Morgan fingerprint density at radius 1 is 1.18 bits per heavy atom. The molecule has 0 radical (unpaired) electrons. The molecule has 0 bridgehead atoms. The maximum absolute atomic E-state index is 9.47. The minimum Gasteiger partial charge on any atom is -0.394 e. The standard InChI is InChI=1S/C12H28O3Si2/c1-8-12(16(2,3)4,17(5,6)7)15-10-11(14)9-13/h8,11,13-14H,1,9-10H2,2-7H3. The highest BCUT2D eigenvalue weighted by molar-refractivity contribution is 6.99. The SMILES string of the molecule is C=CC(OCC(O)CO)([Si](C)(C)C)[Si](C)(C)C. The van der Waals surface area contributed by atoms with E-state index in [0.29, 0.717) is 0 Å². The number of aliphatic hydroxyl groups is 2. The number of aliphatic hydroxyl groups excluding tert-OH is 2. The molecule has 0 saturated heterocycles. The van der Waals surface area contributed by atoms with Crippen LogP contribution in [0.4, 0.5) is 0 Å². The van der Waals surface area contributed by atoms with E-state index in [4.69, 9.17) is 9.84 Å². The predicted octanol–water partition coefficient (Wildman–Crippen LogP) is 2.04. The van der Waals surface area contributed by atoms with E-state index >= 15 is 0 Å². The van der Waals surface area contributed by atoms with Crippen LogP contribution >= 0.6 is 0 Å². The molecule has 102 valence electrons. The Bertz CT molecular complexity index is 239. The second-order valence-corrected chi connectivity index (χ2v) is 17.6. The summed E-state index contributed by atoms with van der Waals surface area (Å²) in [4.78, 5) is -0.282. The average molecular weight is 277 g/mol. The average Bonchev–Trinajstić information content (AvgIpc) is 2.14. The molecule has 0 aliphatic heterocycles. The van der Waals surface area contributed by atoms with Gasteiger partial charge in [-0.3, -0.25) is 0 Å². The van der Waals surface area contributed by atoms with Crippen LogP contribution in [0, 0.1) is 0 Å². The van der Waals surface area contributed by atoms with Crippen molar-refractivity contribution >= 4 is 16.1 Å². The molecule has 1 unspecified atom stereocenters. The lowest BCUT2D eigenvalue weighted by molar-refractivity contribution is -0.0110. The summed E-state index contributed by atoms with van der Waals surface area (Å²) < 4.78 is 6.06. The molecule has 1 atom stereocenters. The molecule has 0 saturated carbocycles. The van der Waals surface area contributed by atoms with Crippen molar-refractivity contribution in [3.63, 3.8) is 0 Å². The third-order valence-electron chi connectivity index (χ3n) is 3.23. The van der Waals surface area contributed by atoms with Gasteiger partial charge < -0.3 is 14.9 Å². The zero-order chi connectivity index (χ0) is 13.9. The highest BCUT2D eigenvalue weighted by atomic mass is 28.4. The molecule has 0 aliphatic carbocycles. The first kappa shape index (κ1) is 17.1. The largest absolute Gasteiger partial charge is 0.394 e. The van der Waals surface area contributed by atoms with Crippen LogP contribution in [-0.4, -0.2) is 50.5 Å². The van der Waals surface area contributed by atoms with Gasteiger partial charge in [-0.05, 0) is 0 Å². The van der Waals surface area contributed by atoms with E-state index in [1.165, 1.54) is 0 Å². The number of rotatable bonds is 7. The summed E-state index contributed by atoms with van der Waals surface area (Å²) in [6.07, 6.45) is 1.14. The third-order valence-corrected chi connectivity index (χ3v) is 12.9. The van der Waals surface area contributed by atoms with Crippen LogP contribution in [0.2, 0.25) is 39.3 Å². The van der Waals surface area contributed by atoms with Crippen molar-refractivity contribution in [2.75, 3.05) is 13.2 Å². The minimum absolute atomic E-state index is 0.178. The summed E-state index contributed by atoms with van der Waals surface area (Å²) in [7, 11) is -3.25. The van der Waals surface area contributed by atoms with Crippen molar-refractivity contribution in [2.45, 2.75) is 50.2 Å². The van der Waals surface area contributed by atoms with E-state index in [1.54, 1.807) is 0 Å². The predicted molar refractivity (Wildman–Crippen MR) is 78.7 cm³/mol. The van der Waals surface area contributed by atoms with Crippen LogP contribution in [0.1, 0.15) is 0 Å². The monoisotopic (exact) mass is 276 g/mol. The maximum Gasteiger partial charge on any atom is 0.100 e. The summed E-state index contributed by atoms with van der Waals surface area (Å²) in [5.41, 5.74) is 0. The van der Waals surface area contributed by atoms with Gasteiger partial charge in [-0.1, -0.05) is 45.4 Å². The quantitative estimate of drug-likeness (QED) is 0.552. The van der Waals surface area contributed by atoms with E-state index in [2.05, 4.69) is 45.9 Å². The molecule has 0 spiro atoms. The fourth-order valence-electron chi connectivity index (χ4n) is 2.51. The molecule has 3 nitrogen and oxygen atoms in total. The van der Waals surface area contributed by atoms with Crippen LogP contribution in [0.15, 0.2) is 12.7 Å². The Balaban J connectivity index is 5.17. The van der Waals surface area contributed by atoms with E-state index < -0.39 is 22.3 Å². The van der Waals surface area contributed by atoms with Crippen molar-refractivity contribution in [3.8, 4) is 0 Å². The van der Waals surface area contributed by atoms with Gasteiger partial charge in [0.15, 0.2) is 0 Å². The van der Waals surface area contributed by atoms with Gasteiger partial charge in [0.2, 0.25) is 0 Å². The zero-order valence-corrected chi connectivity index (χ0v) is 14.1. The summed E-state index contributed by atoms with van der Waals surface area (Å²) in [6, 6.07) is 0. The number of hydrogen-bond acceptors (Lipinski definition) is 3. The lowest BCUT2D eigenvalue weighted by Gasteiger charge is -2.49. The zero-order valence-electron chi connectivity index (χ0n) is 12.1. The highest BCUT2D eigenvalue weighted by Crippen LogP contribution is 2.35. The van der Waals surface area contributed by atoms with Gasteiger partial charge in [-0.15, -0.1) is 6.58 Å². The van der Waals surface area contributed by atoms with Crippen molar-refractivity contribution < 1.29 is 14.9 Å². The van der Waals surface area contributed by atoms with Crippen molar-refractivity contribution in [3.05, 3.63) is 12.7 Å². The molecule has 17 heavy (non-hydrogen) atoms. The van der Waals surface area contributed by atoms with Crippen LogP contribution in [-0.2, 0) is 4.74 Å². The first-order chi connectivity index (χ1) is 7.52. The summed E-state index contributed by atoms with van der Waals surface area (Å²) in [5.74, 6) is 0. The molecule has 0 aromatic heterocycles. The van der Waals surface area contributed by atoms with Gasteiger partial charge in [-0.25, -0.2) is 0 Å². The van der Waals surface area contributed by atoms with Gasteiger partial charge in [0, 0.05) is 0 Å². The van der Waals surface area contributed by atoms with Crippen molar-refractivity contribution in [2.24, 2.45) is 0 Å². The van der Waals surface area contributed by atoms with Gasteiger partial charge in [0.05, 0.1) is 34.2 Å². The summed E-state index contributed by atoms with van der Waals surface area (Å²) in [6.45, 7) is 17.5. The maximum atomic E-state index is 9.47. The molecule has 0 amide bonds. The van der Waals surface area contributed by atoms with Crippen LogP contribution in [0.5, 0.6) is 0 Å². The Morgan fingerprint density at radius 2 is 1.59 bits per heavy atom. The van der Waals surface area contributed by atoms with E-state index in [0.717, 1.165) is 0 Å². The molecule has 0 fully saturated rings. The molecule has 2 N–H and O–H groups in total. The smallest absolute Gasteiger partial charge is 0.100 e. The van der Waals surface area contributed by atoms with Gasteiger partial charge in [-0.2, -0.15) is 0 Å². The lowest BCUT2D eigenvalue weighted by Crippen LogP contribution is -2.67. The molecule has 0 aromatic rings. The summed E-state index contributed by atoms with van der Waals surface area (Å²) in [5, 5.41) is 18.3. The molecule has 0 aromatic carbocycles. The normalized spacial score (nSPS) is 15.8. The van der Waals surface area contributed by atoms with Crippen LogP contribution in [0.3, 0.4) is 0 Å². The van der Waals surface area contributed by atoms with Crippen molar-refractivity contribution in [1.82, 2.24) is 0 Å².